The van der Waals surface area contributed by atoms with Gasteiger partial charge >= 0.3 is 0 Å². The van der Waals surface area contributed by atoms with Gasteiger partial charge in [-0.15, -0.1) is 0 Å². The van der Waals surface area contributed by atoms with Gasteiger partial charge < -0.3 is 5.73 Å². The van der Waals surface area contributed by atoms with E-state index in [1.807, 2.05) is 43.3 Å². The van der Waals surface area contributed by atoms with E-state index in [2.05, 4.69) is 40.0 Å². The van der Waals surface area contributed by atoms with Crippen molar-refractivity contribution in [2.45, 2.75) is 25.6 Å². The molecular weight excluding hydrogens is 348 g/mol. The molecule has 0 bridgehead atoms. The summed E-state index contributed by atoms with van der Waals surface area (Å²) in [6.45, 7) is 2.84. The van der Waals surface area contributed by atoms with Crippen molar-refractivity contribution in [3.05, 3.63) is 69.2 Å². The molecule has 0 aromatic heterocycles. The fourth-order valence-electron chi connectivity index (χ4n) is 2.66. The highest BCUT2D eigenvalue weighted by Crippen LogP contribution is 2.29. The number of hydrogen-bond donors (Lipinski definition) is 1. The molecule has 0 heterocycles. The third-order valence-electron chi connectivity index (χ3n) is 3.52. The average Bonchev–Trinajstić information content (AvgIpc) is 2.41. The quantitative estimate of drug-likeness (QED) is 0.835. The lowest BCUT2D eigenvalue weighted by Crippen LogP contribution is -2.37. The summed E-state index contributed by atoms with van der Waals surface area (Å²) in [5.41, 5.74) is 8.53. The Labute approximate surface area is 140 Å². The number of hydrogen-bond acceptors (Lipinski definition) is 2. The van der Waals surface area contributed by atoms with E-state index in [0.29, 0.717) is 0 Å². The van der Waals surface area contributed by atoms with Gasteiger partial charge in [0.1, 0.15) is 0 Å². The Morgan fingerprint density at radius 1 is 1.19 bits per heavy atom. The Hall–Kier alpha value is -0.870. The molecule has 0 spiro atoms. The van der Waals surface area contributed by atoms with Crippen LogP contribution in [-0.2, 0) is 6.54 Å². The van der Waals surface area contributed by atoms with Gasteiger partial charge in [-0.05, 0) is 43.3 Å². The number of likely N-dealkylation sites (N-methyl/N-ethyl adjacent to an activating group) is 1. The first-order chi connectivity index (χ1) is 9.99. The Kier molecular flexibility index (Phi) is 5.82. The summed E-state index contributed by atoms with van der Waals surface area (Å²) in [5, 5.41) is 0.765. The maximum atomic E-state index is 6.35. The van der Waals surface area contributed by atoms with Crippen LogP contribution < -0.4 is 5.73 Å². The molecular formula is C17H20BrClN2. The zero-order chi connectivity index (χ0) is 15.4. The van der Waals surface area contributed by atoms with Gasteiger partial charge in [0.15, 0.2) is 0 Å². The zero-order valence-electron chi connectivity index (χ0n) is 12.3. The molecule has 2 nitrogen and oxygen atoms in total. The van der Waals surface area contributed by atoms with Crippen LogP contribution in [0, 0.1) is 0 Å². The van der Waals surface area contributed by atoms with Crippen molar-refractivity contribution in [3.8, 4) is 0 Å². The Bertz CT molecular complexity index is 601. The molecule has 2 aromatic rings. The maximum absolute atomic E-state index is 6.35. The van der Waals surface area contributed by atoms with E-state index >= 15 is 0 Å². The van der Waals surface area contributed by atoms with E-state index in [1.54, 1.807) is 0 Å². The molecule has 0 saturated carbocycles. The van der Waals surface area contributed by atoms with E-state index in [4.69, 9.17) is 17.3 Å². The summed E-state index contributed by atoms with van der Waals surface area (Å²) in [4.78, 5) is 2.24. The fourth-order valence-corrected chi connectivity index (χ4v) is 3.35. The molecule has 0 aliphatic carbocycles. The van der Waals surface area contributed by atoms with E-state index in [9.17, 15) is 0 Å². The van der Waals surface area contributed by atoms with Crippen LogP contribution in [0.2, 0.25) is 5.02 Å². The molecule has 0 fully saturated rings. The molecule has 21 heavy (non-hydrogen) atoms. The van der Waals surface area contributed by atoms with E-state index in [-0.39, 0.29) is 12.1 Å². The summed E-state index contributed by atoms with van der Waals surface area (Å²) >= 11 is 9.86. The molecule has 0 amide bonds. The van der Waals surface area contributed by atoms with E-state index in [1.165, 1.54) is 5.56 Å². The standard InChI is InChI=1S/C17H20BrClN2/c1-12(20)17(15-8-3-4-9-16(15)19)21(2)11-13-6-5-7-14(18)10-13/h3-10,12,17H,11,20H2,1-2H3. The second kappa shape index (κ2) is 7.41. The summed E-state index contributed by atoms with van der Waals surface area (Å²) in [5.74, 6) is 0. The van der Waals surface area contributed by atoms with Crippen LogP contribution in [0.5, 0.6) is 0 Å². The fraction of sp³-hybridized carbons (Fsp3) is 0.294. The van der Waals surface area contributed by atoms with Crippen molar-refractivity contribution >= 4 is 27.5 Å². The van der Waals surface area contributed by atoms with Crippen LogP contribution in [-0.4, -0.2) is 18.0 Å². The number of nitrogens with zero attached hydrogens (tertiary/aromatic N) is 1. The minimum absolute atomic E-state index is 0.0120. The topological polar surface area (TPSA) is 29.3 Å². The molecule has 0 saturated heterocycles. The first kappa shape index (κ1) is 16.5. The summed E-state index contributed by atoms with van der Waals surface area (Å²) in [6, 6.07) is 16.3. The van der Waals surface area contributed by atoms with Crippen molar-refractivity contribution in [2.75, 3.05) is 7.05 Å². The van der Waals surface area contributed by atoms with Crippen LogP contribution in [0.15, 0.2) is 53.0 Å². The van der Waals surface area contributed by atoms with Crippen molar-refractivity contribution in [2.24, 2.45) is 5.73 Å². The van der Waals surface area contributed by atoms with Crippen molar-refractivity contribution in [1.29, 1.82) is 0 Å². The largest absolute Gasteiger partial charge is 0.326 e. The van der Waals surface area contributed by atoms with Gasteiger partial charge in [-0.25, -0.2) is 0 Å². The van der Waals surface area contributed by atoms with Crippen LogP contribution in [0.25, 0.3) is 0 Å². The lowest BCUT2D eigenvalue weighted by molar-refractivity contribution is 0.211. The molecule has 2 atom stereocenters. The van der Waals surface area contributed by atoms with Gasteiger partial charge in [-0.1, -0.05) is 57.9 Å². The van der Waals surface area contributed by atoms with E-state index in [0.717, 1.165) is 21.6 Å². The van der Waals surface area contributed by atoms with Crippen LogP contribution in [0.3, 0.4) is 0 Å². The van der Waals surface area contributed by atoms with Gasteiger partial charge in [-0.3, -0.25) is 4.90 Å². The molecule has 2 unspecified atom stereocenters. The summed E-state index contributed by atoms with van der Waals surface area (Å²) in [7, 11) is 2.08. The lowest BCUT2D eigenvalue weighted by Gasteiger charge is -2.32. The van der Waals surface area contributed by atoms with Crippen molar-refractivity contribution < 1.29 is 0 Å². The second-order valence-corrected chi connectivity index (χ2v) is 6.69. The van der Waals surface area contributed by atoms with Gasteiger partial charge in [0.2, 0.25) is 0 Å². The first-order valence-corrected chi connectivity index (χ1v) is 8.11. The van der Waals surface area contributed by atoms with Crippen LogP contribution in [0.1, 0.15) is 24.1 Å². The molecule has 0 aliphatic heterocycles. The average molecular weight is 368 g/mol. The maximum Gasteiger partial charge on any atom is 0.0511 e. The van der Waals surface area contributed by atoms with Crippen molar-refractivity contribution in [3.63, 3.8) is 0 Å². The van der Waals surface area contributed by atoms with Gasteiger partial charge in [-0.2, -0.15) is 0 Å². The zero-order valence-corrected chi connectivity index (χ0v) is 14.6. The molecule has 112 valence electrons. The number of benzene rings is 2. The molecule has 4 heteroatoms. The number of rotatable bonds is 5. The molecule has 0 aliphatic rings. The minimum Gasteiger partial charge on any atom is -0.326 e. The highest BCUT2D eigenvalue weighted by atomic mass is 79.9. The predicted octanol–water partition coefficient (Wildman–Crippen LogP) is 4.62. The molecule has 2 rings (SSSR count). The number of nitrogens with two attached hydrogens (primary N) is 1. The molecule has 2 aromatic carbocycles. The summed E-state index contributed by atoms with van der Waals surface area (Å²) < 4.78 is 1.09. The monoisotopic (exact) mass is 366 g/mol. The Morgan fingerprint density at radius 2 is 1.90 bits per heavy atom. The normalized spacial score (nSPS) is 14.2. The smallest absolute Gasteiger partial charge is 0.0511 e. The third kappa shape index (κ3) is 4.30. The Morgan fingerprint density at radius 3 is 2.52 bits per heavy atom. The molecule has 0 radical (unpaired) electrons. The highest BCUT2D eigenvalue weighted by molar-refractivity contribution is 9.10. The highest BCUT2D eigenvalue weighted by Gasteiger charge is 2.23. The number of halogens is 2. The van der Waals surface area contributed by atoms with E-state index < -0.39 is 0 Å². The third-order valence-corrected chi connectivity index (χ3v) is 4.36. The van der Waals surface area contributed by atoms with Crippen LogP contribution in [0.4, 0.5) is 0 Å². The van der Waals surface area contributed by atoms with Gasteiger partial charge in [0.25, 0.3) is 0 Å². The van der Waals surface area contributed by atoms with Crippen molar-refractivity contribution in [1.82, 2.24) is 4.90 Å². The molecule has 2 N–H and O–H groups in total. The van der Waals surface area contributed by atoms with Gasteiger partial charge in [0, 0.05) is 22.1 Å². The van der Waals surface area contributed by atoms with Crippen LogP contribution >= 0.6 is 27.5 Å². The Balaban J connectivity index is 2.24. The second-order valence-electron chi connectivity index (χ2n) is 5.37. The van der Waals surface area contributed by atoms with Gasteiger partial charge in [0.05, 0.1) is 6.04 Å². The lowest BCUT2D eigenvalue weighted by atomic mass is 9.99. The SMILES string of the molecule is CC(N)C(c1ccccc1Cl)N(C)Cc1cccc(Br)c1. The summed E-state index contributed by atoms with van der Waals surface area (Å²) in [6.07, 6.45) is 0. The predicted molar refractivity (Wildman–Crippen MR) is 93.5 cm³/mol. The minimum atomic E-state index is -0.0120. The first-order valence-electron chi connectivity index (χ1n) is 6.93.